The SMILES string of the molecule is CNCC(Cc1cccc(Br)c1)Cc1c(F)cccc1Cl. The van der Waals surface area contributed by atoms with E-state index in [0.29, 0.717) is 22.9 Å². The Morgan fingerprint density at radius 3 is 2.62 bits per heavy atom. The number of benzene rings is 2. The smallest absolute Gasteiger partial charge is 0.127 e. The van der Waals surface area contributed by atoms with Crippen LogP contribution in [-0.4, -0.2) is 13.6 Å². The number of rotatable bonds is 6. The Balaban J connectivity index is 2.16. The minimum absolute atomic E-state index is 0.224. The lowest BCUT2D eigenvalue weighted by Gasteiger charge is -2.18. The molecular formula is C17H18BrClFN. The maximum Gasteiger partial charge on any atom is 0.127 e. The van der Waals surface area contributed by atoms with Gasteiger partial charge in [-0.2, -0.15) is 0 Å². The van der Waals surface area contributed by atoms with Gasteiger partial charge in [0.2, 0.25) is 0 Å². The lowest BCUT2D eigenvalue weighted by Crippen LogP contribution is -2.23. The van der Waals surface area contributed by atoms with Crippen LogP contribution in [0.5, 0.6) is 0 Å². The standard InChI is InChI=1S/C17H18BrClFN/c1-21-11-13(8-12-4-2-5-14(18)9-12)10-15-16(19)6-3-7-17(15)20/h2-7,9,13,21H,8,10-11H2,1H3. The number of nitrogens with one attached hydrogen (secondary N) is 1. The van der Waals surface area contributed by atoms with Crippen molar-refractivity contribution in [3.05, 3.63) is 68.9 Å². The molecule has 0 aliphatic heterocycles. The average molecular weight is 371 g/mol. The van der Waals surface area contributed by atoms with Crippen molar-refractivity contribution in [3.8, 4) is 0 Å². The third kappa shape index (κ3) is 4.80. The summed E-state index contributed by atoms with van der Waals surface area (Å²) in [5.41, 5.74) is 1.84. The quantitative estimate of drug-likeness (QED) is 0.765. The molecule has 21 heavy (non-hydrogen) atoms. The third-order valence-corrected chi connectivity index (χ3v) is 4.31. The van der Waals surface area contributed by atoms with Crippen LogP contribution in [0.25, 0.3) is 0 Å². The van der Waals surface area contributed by atoms with Gasteiger partial charge < -0.3 is 5.32 Å². The minimum Gasteiger partial charge on any atom is -0.319 e. The molecule has 0 fully saturated rings. The van der Waals surface area contributed by atoms with Crippen LogP contribution in [0.1, 0.15) is 11.1 Å². The first-order valence-corrected chi connectivity index (χ1v) is 8.09. The van der Waals surface area contributed by atoms with Gasteiger partial charge in [0.15, 0.2) is 0 Å². The molecule has 1 nitrogen and oxygen atoms in total. The average Bonchev–Trinajstić information content (AvgIpc) is 2.43. The fraction of sp³-hybridized carbons (Fsp3) is 0.294. The Bertz CT molecular complexity index is 583. The summed E-state index contributed by atoms with van der Waals surface area (Å²) in [5, 5.41) is 3.69. The number of hydrogen-bond acceptors (Lipinski definition) is 1. The summed E-state index contributed by atoms with van der Waals surface area (Å²) in [4.78, 5) is 0. The lowest BCUT2D eigenvalue weighted by atomic mass is 9.92. The molecule has 0 saturated heterocycles. The fourth-order valence-electron chi connectivity index (χ4n) is 2.52. The van der Waals surface area contributed by atoms with Gasteiger partial charge in [0.25, 0.3) is 0 Å². The fourth-order valence-corrected chi connectivity index (χ4v) is 3.21. The summed E-state index contributed by atoms with van der Waals surface area (Å²) in [6, 6.07) is 13.1. The van der Waals surface area contributed by atoms with Gasteiger partial charge in [0, 0.05) is 15.1 Å². The summed E-state index contributed by atoms with van der Waals surface area (Å²) >= 11 is 9.62. The predicted molar refractivity (Wildman–Crippen MR) is 90.4 cm³/mol. The number of halogens is 3. The normalized spacial score (nSPS) is 12.4. The summed E-state index contributed by atoms with van der Waals surface area (Å²) in [6.07, 6.45) is 1.50. The molecule has 0 heterocycles. The molecular weight excluding hydrogens is 353 g/mol. The zero-order valence-corrected chi connectivity index (χ0v) is 14.2. The first-order valence-electron chi connectivity index (χ1n) is 6.92. The summed E-state index contributed by atoms with van der Waals surface area (Å²) in [7, 11) is 1.91. The minimum atomic E-state index is -0.224. The van der Waals surface area contributed by atoms with E-state index in [2.05, 4.69) is 33.4 Å². The zero-order valence-electron chi connectivity index (χ0n) is 11.9. The molecule has 0 bridgehead atoms. The van der Waals surface area contributed by atoms with E-state index in [0.717, 1.165) is 17.4 Å². The molecule has 2 aromatic rings. The van der Waals surface area contributed by atoms with Crippen LogP contribution >= 0.6 is 27.5 Å². The first kappa shape index (κ1) is 16.5. The second kappa shape index (κ2) is 7.92. The van der Waals surface area contributed by atoms with Crippen LogP contribution in [0.2, 0.25) is 5.02 Å². The van der Waals surface area contributed by atoms with Crippen LogP contribution in [0, 0.1) is 11.7 Å². The van der Waals surface area contributed by atoms with E-state index in [-0.39, 0.29) is 5.82 Å². The second-order valence-corrected chi connectivity index (χ2v) is 6.48. The van der Waals surface area contributed by atoms with Gasteiger partial charge in [0.1, 0.15) is 5.82 Å². The van der Waals surface area contributed by atoms with E-state index in [1.807, 2.05) is 19.2 Å². The largest absolute Gasteiger partial charge is 0.319 e. The Morgan fingerprint density at radius 1 is 1.19 bits per heavy atom. The van der Waals surface area contributed by atoms with Crippen molar-refractivity contribution in [3.63, 3.8) is 0 Å². The summed E-state index contributed by atoms with van der Waals surface area (Å²) in [6.45, 7) is 0.817. The maximum atomic E-state index is 13.9. The molecule has 0 aliphatic rings. The van der Waals surface area contributed by atoms with Crippen molar-refractivity contribution < 1.29 is 4.39 Å². The van der Waals surface area contributed by atoms with Gasteiger partial charge in [-0.15, -0.1) is 0 Å². The summed E-state index contributed by atoms with van der Waals surface area (Å²) in [5.74, 6) is 0.0662. The molecule has 1 atom stereocenters. The van der Waals surface area contributed by atoms with Crippen LogP contribution < -0.4 is 5.32 Å². The maximum absolute atomic E-state index is 13.9. The zero-order chi connectivity index (χ0) is 15.2. The van der Waals surface area contributed by atoms with Gasteiger partial charge in [-0.25, -0.2) is 4.39 Å². The molecule has 0 aromatic heterocycles. The highest BCUT2D eigenvalue weighted by atomic mass is 79.9. The molecule has 0 spiro atoms. The molecule has 2 rings (SSSR count). The van der Waals surface area contributed by atoms with Gasteiger partial charge in [-0.1, -0.05) is 45.7 Å². The molecule has 4 heteroatoms. The van der Waals surface area contributed by atoms with Gasteiger partial charge in [-0.05, 0) is 62.2 Å². The molecule has 2 aromatic carbocycles. The Hall–Kier alpha value is -0.900. The van der Waals surface area contributed by atoms with Gasteiger partial charge in [-0.3, -0.25) is 0 Å². The van der Waals surface area contributed by atoms with Gasteiger partial charge in [0.05, 0.1) is 0 Å². The van der Waals surface area contributed by atoms with Crippen molar-refractivity contribution in [1.82, 2.24) is 5.32 Å². The van der Waals surface area contributed by atoms with Crippen molar-refractivity contribution in [2.45, 2.75) is 12.8 Å². The predicted octanol–water partition coefficient (Wildman–Crippen LogP) is 4.86. The van der Waals surface area contributed by atoms with Crippen molar-refractivity contribution in [2.24, 2.45) is 5.92 Å². The van der Waals surface area contributed by atoms with Gasteiger partial charge >= 0.3 is 0 Å². The van der Waals surface area contributed by atoms with E-state index in [4.69, 9.17) is 11.6 Å². The molecule has 0 saturated carbocycles. The monoisotopic (exact) mass is 369 g/mol. The van der Waals surface area contributed by atoms with Crippen molar-refractivity contribution >= 4 is 27.5 Å². The van der Waals surface area contributed by atoms with Crippen LogP contribution in [0.4, 0.5) is 4.39 Å². The van der Waals surface area contributed by atoms with E-state index >= 15 is 0 Å². The van der Waals surface area contributed by atoms with E-state index in [1.54, 1.807) is 12.1 Å². The molecule has 1 unspecified atom stereocenters. The Labute approximate surface area is 138 Å². The highest BCUT2D eigenvalue weighted by molar-refractivity contribution is 9.10. The third-order valence-electron chi connectivity index (χ3n) is 3.46. The van der Waals surface area contributed by atoms with Crippen LogP contribution in [-0.2, 0) is 12.8 Å². The van der Waals surface area contributed by atoms with E-state index in [9.17, 15) is 4.39 Å². The second-order valence-electron chi connectivity index (χ2n) is 5.16. The topological polar surface area (TPSA) is 12.0 Å². The lowest BCUT2D eigenvalue weighted by molar-refractivity contribution is 0.480. The van der Waals surface area contributed by atoms with E-state index < -0.39 is 0 Å². The molecule has 112 valence electrons. The Morgan fingerprint density at radius 2 is 1.95 bits per heavy atom. The van der Waals surface area contributed by atoms with Crippen molar-refractivity contribution in [2.75, 3.05) is 13.6 Å². The number of hydrogen-bond donors (Lipinski definition) is 1. The van der Waals surface area contributed by atoms with Crippen molar-refractivity contribution in [1.29, 1.82) is 0 Å². The molecule has 0 aliphatic carbocycles. The van der Waals surface area contributed by atoms with Crippen LogP contribution in [0.3, 0.4) is 0 Å². The van der Waals surface area contributed by atoms with Crippen LogP contribution in [0.15, 0.2) is 46.9 Å². The summed E-state index contributed by atoms with van der Waals surface area (Å²) < 4.78 is 15.0. The molecule has 0 amide bonds. The Kier molecular flexibility index (Phi) is 6.22. The van der Waals surface area contributed by atoms with E-state index in [1.165, 1.54) is 11.6 Å². The molecule has 1 N–H and O–H groups in total. The molecule has 0 radical (unpaired) electrons. The first-order chi connectivity index (χ1) is 10.1. The highest BCUT2D eigenvalue weighted by Gasteiger charge is 2.15. The highest BCUT2D eigenvalue weighted by Crippen LogP contribution is 2.24.